The Morgan fingerprint density at radius 1 is 1.17 bits per heavy atom. The molecule has 2 aromatic heterocycles. The van der Waals surface area contributed by atoms with Crippen LogP contribution in [0.2, 0.25) is 0 Å². The van der Waals surface area contributed by atoms with Gasteiger partial charge >= 0.3 is 0 Å². The minimum Gasteiger partial charge on any atom is -0.450 e. The van der Waals surface area contributed by atoms with Crippen molar-refractivity contribution in [3.63, 3.8) is 0 Å². The van der Waals surface area contributed by atoms with Crippen molar-refractivity contribution in [1.29, 1.82) is 0 Å². The average Bonchev–Trinajstić information content (AvgIpc) is 2.77. The van der Waals surface area contributed by atoms with E-state index in [-0.39, 0.29) is 11.5 Å². The highest BCUT2D eigenvalue weighted by Gasteiger charge is 2.19. The first kappa shape index (κ1) is 10.5. The molecule has 0 aliphatic rings. The van der Waals surface area contributed by atoms with Crippen LogP contribution in [0.1, 0.15) is 16.1 Å². The number of rotatable bonds is 2. The van der Waals surface area contributed by atoms with Crippen molar-refractivity contribution >= 4 is 22.4 Å². The number of aromatic nitrogens is 1. The Morgan fingerprint density at radius 3 is 2.72 bits per heavy atom. The molecule has 0 unspecified atom stereocenters. The van der Waals surface area contributed by atoms with Crippen LogP contribution in [-0.4, -0.2) is 10.8 Å². The predicted octanol–water partition coefficient (Wildman–Crippen LogP) is 2.64. The van der Waals surface area contributed by atoms with Crippen LogP contribution in [0.4, 0.5) is 5.69 Å². The highest BCUT2D eigenvalue weighted by molar-refractivity contribution is 6.14. The van der Waals surface area contributed by atoms with Gasteiger partial charge in [0.25, 0.3) is 0 Å². The molecule has 0 spiro atoms. The molecule has 0 aliphatic heterocycles. The summed E-state index contributed by atoms with van der Waals surface area (Å²) in [5.41, 5.74) is 7.39. The summed E-state index contributed by atoms with van der Waals surface area (Å²) in [5, 5.41) is 0.754. The molecule has 3 rings (SSSR count). The number of nitrogens with zero attached hydrogens (tertiary/aromatic N) is 1. The van der Waals surface area contributed by atoms with Crippen LogP contribution in [0, 0.1) is 0 Å². The van der Waals surface area contributed by atoms with Gasteiger partial charge in [0.05, 0.1) is 5.69 Å². The highest BCUT2D eigenvalue weighted by Crippen LogP contribution is 2.29. The Kier molecular flexibility index (Phi) is 2.34. The molecule has 0 saturated carbocycles. The number of carbonyl (C=O) groups excluding carboxylic acids is 1. The molecule has 0 aliphatic carbocycles. The summed E-state index contributed by atoms with van der Waals surface area (Å²) >= 11 is 0. The van der Waals surface area contributed by atoms with Crippen molar-refractivity contribution in [2.75, 3.05) is 5.73 Å². The van der Waals surface area contributed by atoms with E-state index in [2.05, 4.69) is 4.98 Å². The zero-order valence-electron chi connectivity index (χ0n) is 9.46. The second kappa shape index (κ2) is 4.00. The first-order valence-corrected chi connectivity index (χ1v) is 5.49. The molecule has 88 valence electrons. The van der Waals surface area contributed by atoms with Crippen molar-refractivity contribution in [2.24, 2.45) is 0 Å². The number of para-hydroxylation sites is 1. The van der Waals surface area contributed by atoms with Crippen LogP contribution in [0.15, 0.2) is 53.2 Å². The summed E-state index contributed by atoms with van der Waals surface area (Å²) in [4.78, 5) is 16.1. The molecule has 18 heavy (non-hydrogen) atoms. The quantitative estimate of drug-likeness (QED) is 0.697. The number of nitrogens with two attached hydrogens (primary N) is 1. The van der Waals surface area contributed by atoms with Gasteiger partial charge in [0.15, 0.2) is 5.76 Å². The van der Waals surface area contributed by atoms with E-state index in [1.807, 2.05) is 18.2 Å². The summed E-state index contributed by atoms with van der Waals surface area (Å²) in [7, 11) is 0. The fraction of sp³-hybridized carbons (Fsp3) is 0. The van der Waals surface area contributed by atoms with Gasteiger partial charge in [-0.3, -0.25) is 9.78 Å². The molecule has 0 saturated heterocycles. The fourth-order valence-electron chi connectivity index (χ4n) is 1.86. The van der Waals surface area contributed by atoms with Crippen molar-refractivity contribution in [3.8, 4) is 0 Å². The van der Waals surface area contributed by atoms with E-state index in [0.29, 0.717) is 16.8 Å². The minimum absolute atomic E-state index is 0.171. The summed E-state index contributed by atoms with van der Waals surface area (Å²) in [6, 6.07) is 10.7. The van der Waals surface area contributed by atoms with Crippen LogP contribution in [0.3, 0.4) is 0 Å². The zero-order chi connectivity index (χ0) is 12.5. The van der Waals surface area contributed by atoms with Gasteiger partial charge < -0.3 is 10.2 Å². The van der Waals surface area contributed by atoms with E-state index in [4.69, 9.17) is 10.2 Å². The lowest BCUT2D eigenvalue weighted by atomic mass is 10.1. The monoisotopic (exact) mass is 238 g/mol. The smallest absolute Gasteiger partial charge is 0.231 e. The lowest BCUT2D eigenvalue weighted by molar-refractivity contribution is 0.101. The number of pyridine rings is 1. The Bertz CT molecular complexity index is 717. The molecule has 2 heterocycles. The number of benzene rings is 1. The topological polar surface area (TPSA) is 69.1 Å². The number of furan rings is 1. The van der Waals surface area contributed by atoms with Crippen LogP contribution in [-0.2, 0) is 0 Å². The van der Waals surface area contributed by atoms with E-state index < -0.39 is 0 Å². The summed E-state index contributed by atoms with van der Waals surface area (Å²) in [6.07, 6.45) is 3.10. The maximum absolute atomic E-state index is 12.2. The van der Waals surface area contributed by atoms with Crippen molar-refractivity contribution in [1.82, 2.24) is 4.98 Å². The number of fused-ring (bicyclic) bond motifs is 1. The third kappa shape index (κ3) is 1.55. The van der Waals surface area contributed by atoms with Gasteiger partial charge in [-0.25, -0.2) is 0 Å². The number of carbonyl (C=O) groups is 1. The lowest BCUT2D eigenvalue weighted by Crippen LogP contribution is -2.03. The van der Waals surface area contributed by atoms with Crippen LogP contribution >= 0.6 is 0 Å². The summed E-state index contributed by atoms with van der Waals surface area (Å²) < 4.78 is 5.51. The molecule has 0 radical (unpaired) electrons. The van der Waals surface area contributed by atoms with Gasteiger partial charge in [-0.1, -0.05) is 12.1 Å². The summed E-state index contributed by atoms with van der Waals surface area (Å²) in [6.45, 7) is 0. The molecule has 0 amide bonds. The Labute approximate surface area is 103 Å². The Morgan fingerprint density at radius 2 is 2.00 bits per heavy atom. The average molecular weight is 238 g/mol. The van der Waals surface area contributed by atoms with Gasteiger partial charge in [-0.15, -0.1) is 0 Å². The lowest BCUT2D eigenvalue weighted by Gasteiger charge is -1.97. The molecule has 4 heteroatoms. The maximum Gasteiger partial charge on any atom is 0.231 e. The van der Waals surface area contributed by atoms with Crippen LogP contribution in [0.5, 0.6) is 0 Å². The number of ketones is 1. The first-order valence-electron chi connectivity index (χ1n) is 5.49. The molecular formula is C14H10N2O2. The van der Waals surface area contributed by atoms with Gasteiger partial charge in [0.1, 0.15) is 5.58 Å². The van der Waals surface area contributed by atoms with Gasteiger partial charge in [0.2, 0.25) is 5.78 Å². The molecule has 2 N–H and O–H groups in total. The largest absolute Gasteiger partial charge is 0.450 e. The predicted molar refractivity (Wildman–Crippen MR) is 68.3 cm³/mol. The van der Waals surface area contributed by atoms with E-state index in [1.165, 1.54) is 6.20 Å². The highest BCUT2D eigenvalue weighted by atomic mass is 16.3. The fourth-order valence-corrected chi connectivity index (χ4v) is 1.86. The number of hydrogen-bond acceptors (Lipinski definition) is 4. The van der Waals surface area contributed by atoms with Gasteiger partial charge in [-0.05, 0) is 24.3 Å². The second-order valence-electron chi connectivity index (χ2n) is 3.91. The SMILES string of the molecule is Nc1c(C(=O)c2cccnc2)oc2ccccc12. The van der Waals surface area contributed by atoms with E-state index >= 15 is 0 Å². The Balaban J connectivity index is 2.15. The third-order valence-electron chi connectivity index (χ3n) is 2.76. The maximum atomic E-state index is 12.2. The molecule has 0 bridgehead atoms. The molecular weight excluding hydrogens is 228 g/mol. The van der Waals surface area contributed by atoms with E-state index in [9.17, 15) is 4.79 Å². The van der Waals surface area contributed by atoms with Crippen LogP contribution < -0.4 is 5.73 Å². The zero-order valence-corrected chi connectivity index (χ0v) is 9.46. The van der Waals surface area contributed by atoms with Crippen molar-refractivity contribution < 1.29 is 9.21 Å². The van der Waals surface area contributed by atoms with Crippen LogP contribution in [0.25, 0.3) is 11.0 Å². The minimum atomic E-state index is -0.253. The molecule has 0 atom stereocenters. The van der Waals surface area contributed by atoms with Crippen molar-refractivity contribution in [2.45, 2.75) is 0 Å². The number of hydrogen-bond donors (Lipinski definition) is 1. The normalized spacial score (nSPS) is 10.7. The first-order chi connectivity index (χ1) is 8.77. The molecule has 1 aromatic carbocycles. The molecule has 4 nitrogen and oxygen atoms in total. The third-order valence-corrected chi connectivity index (χ3v) is 2.76. The number of nitrogen functional groups attached to an aromatic ring is 1. The molecule has 3 aromatic rings. The van der Waals surface area contributed by atoms with Gasteiger partial charge in [0, 0.05) is 23.3 Å². The van der Waals surface area contributed by atoms with Gasteiger partial charge in [-0.2, -0.15) is 0 Å². The van der Waals surface area contributed by atoms with Crippen molar-refractivity contribution in [3.05, 3.63) is 60.1 Å². The Hall–Kier alpha value is -2.62. The standard InChI is InChI=1S/C14H10N2O2/c15-12-10-5-1-2-6-11(10)18-14(12)13(17)9-4-3-7-16-8-9/h1-8H,15H2. The van der Waals surface area contributed by atoms with E-state index in [1.54, 1.807) is 24.4 Å². The molecule has 0 fully saturated rings. The second-order valence-corrected chi connectivity index (χ2v) is 3.91. The summed E-state index contributed by atoms with van der Waals surface area (Å²) in [5.74, 6) is -0.0824. The van der Waals surface area contributed by atoms with E-state index in [0.717, 1.165) is 5.39 Å². The number of anilines is 1.